The Morgan fingerprint density at radius 1 is 1.50 bits per heavy atom. The molecule has 1 heterocycles. The van der Waals surface area contributed by atoms with Crippen molar-refractivity contribution in [1.82, 2.24) is 0 Å². The van der Waals surface area contributed by atoms with Crippen LogP contribution in [0.5, 0.6) is 17.2 Å². The Labute approximate surface area is 113 Å². The predicted octanol–water partition coefficient (Wildman–Crippen LogP) is 2.81. The summed E-state index contributed by atoms with van der Waals surface area (Å²) >= 11 is 0. The Balaban J connectivity index is 0.00000162. The smallest absolute Gasteiger partial charge is 0.231 e. The van der Waals surface area contributed by atoms with Crippen LogP contribution in [0.4, 0.5) is 0 Å². The summed E-state index contributed by atoms with van der Waals surface area (Å²) in [5.41, 5.74) is 8.12. The van der Waals surface area contributed by atoms with Gasteiger partial charge >= 0.3 is 0 Å². The molecule has 0 saturated carbocycles. The van der Waals surface area contributed by atoms with Gasteiger partial charge in [-0.25, -0.2) is 0 Å². The monoisotopic (exact) mass is 271 g/mol. The minimum atomic E-state index is -0.101. The summed E-state index contributed by atoms with van der Waals surface area (Å²) in [5, 5.41) is 0. The fraction of sp³-hybridized carbons (Fsp3) is 0.385. The molecule has 0 bridgehead atoms. The normalized spacial score (nSPS) is 13.7. The summed E-state index contributed by atoms with van der Waals surface area (Å²) in [6, 6.07) is 3.69. The minimum Gasteiger partial charge on any atom is -0.493 e. The Kier molecular flexibility index (Phi) is 4.87. The predicted molar refractivity (Wildman–Crippen MR) is 72.7 cm³/mol. The van der Waals surface area contributed by atoms with Gasteiger partial charge in [0.05, 0.1) is 7.11 Å². The summed E-state index contributed by atoms with van der Waals surface area (Å²) in [7, 11) is 1.60. The molecule has 1 aromatic carbocycles. The molecule has 0 amide bonds. The van der Waals surface area contributed by atoms with Crippen LogP contribution in [0.2, 0.25) is 0 Å². The van der Waals surface area contributed by atoms with Crippen molar-refractivity contribution in [3.05, 3.63) is 29.8 Å². The number of fused-ring (bicyclic) bond motifs is 1. The Morgan fingerprint density at radius 3 is 2.83 bits per heavy atom. The van der Waals surface area contributed by atoms with Gasteiger partial charge in [0.1, 0.15) is 0 Å². The lowest BCUT2D eigenvalue weighted by molar-refractivity contribution is 0.171. The average molecular weight is 272 g/mol. The van der Waals surface area contributed by atoms with Gasteiger partial charge in [0.25, 0.3) is 0 Å². The maximum Gasteiger partial charge on any atom is 0.231 e. The zero-order valence-electron chi connectivity index (χ0n) is 10.6. The molecule has 1 aliphatic heterocycles. The zero-order valence-corrected chi connectivity index (χ0v) is 11.4. The van der Waals surface area contributed by atoms with E-state index >= 15 is 0 Å². The molecular formula is C13H18ClNO3. The molecule has 1 aromatic rings. The molecule has 4 nitrogen and oxygen atoms in total. The number of halogens is 1. The number of benzene rings is 1. The molecular weight excluding hydrogens is 254 g/mol. The molecule has 2 rings (SSSR count). The van der Waals surface area contributed by atoms with E-state index in [1.54, 1.807) is 7.11 Å². The largest absolute Gasteiger partial charge is 0.493 e. The molecule has 100 valence electrons. The van der Waals surface area contributed by atoms with Crippen LogP contribution in [0.15, 0.2) is 24.3 Å². The number of hydrogen-bond donors (Lipinski definition) is 1. The molecule has 5 heteroatoms. The fourth-order valence-corrected chi connectivity index (χ4v) is 1.86. The van der Waals surface area contributed by atoms with Crippen LogP contribution in [-0.4, -0.2) is 13.9 Å². The van der Waals surface area contributed by atoms with E-state index in [4.69, 9.17) is 19.9 Å². The number of nitrogens with two attached hydrogens (primary N) is 1. The molecule has 1 aliphatic rings. The van der Waals surface area contributed by atoms with E-state index in [0.29, 0.717) is 17.2 Å². The number of rotatable bonds is 4. The number of ether oxygens (including phenoxy) is 3. The molecule has 0 spiro atoms. The van der Waals surface area contributed by atoms with E-state index in [-0.39, 0.29) is 25.2 Å². The molecule has 0 aromatic heterocycles. The van der Waals surface area contributed by atoms with Crippen molar-refractivity contribution >= 4 is 12.4 Å². The van der Waals surface area contributed by atoms with Crippen molar-refractivity contribution in [1.29, 1.82) is 0 Å². The summed E-state index contributed by atoms with van der Waals surface area (Å²) < 4.78 is 16.0. The molecule has 1 atom stereocenters. The van der Waals surface area contributed by atoms with E-state index in [2.05, 4.69) is 6.58 Å². The van der Waals surface area contributed by atoms with Crippen molar-refractivity contribution in [3.63, 3.8) is 0 Å². The van der Waals surface area contributed by atoms with Gasteiger partial charge in [0, 0.05) is 6.04 Å². The third kappa shape index (κ3) is 2.89. The second-order valence-electron chi connectivity index (χ2n) is 4.22. The highest BCUT2D eigenvalue weighted by molar-refractivity contribution is 5.85. The summed E-state index contributed by atoms with van der Waals surface area (Å²) in [5.74, 6) is 2.00. The lowest BCUT2D eigenvalue weighted by Gasteiger charge is -2.14. The zero-order chi connectivity index (χ0) is 12.4. The van der Waals surface area contributed by atoms with Gasteiger partial charge < -0.3 is 19.9 Å². The Hall–Kier alpha value is -1.39. The molecule has 0 unspecified atom stereocenters. The topological polar surface area (TPSA) is 53.7 Å². The third-order valence-electron chi connectivity index (χ3n) is 2.68. The lowest BCUT2D eigenvalue weighted by Crippen LogP contribution is -2.10. The van der Waals surface area contributed by atoms with Gasteiger partial charge in [0.2, 0.25) is 12.5 Å². The van der Waals surface area contributed by atoms with Crippen LogP contribution in [-0.2, 0) is 0 Å². The van der Waals surface area contributed by atoms with Crippen LogP contribution in [0.1, 0.15) is 24.9 Å². The first kappa shape index (κ1) is 14.7. The molecule has 0 saturated heterocycles. The van der Waals surface area contributed by atoms with Crippen molar-refractivity contribution in [2.24, 2.45) is 5.73 Å². The van der Waals surface area contributed by atoms with Crippen LogP contribution in [0.25, 0.3) is 0 Å². The first-order valence-electron chi connectivity index (χ1n) is 5.49. The highest BCUT2D eigenvalue weighted by atomic mass is 35.5. The van der Waals surface area contributed by atoms with Crippen molar-refractivity contribution in [2.45, 2.75) is 19.4 Å². The van der Waals surface area contributed by atoms with Crippen molar-refractivity contribution in [3.8, 4) is 17.2 Å². The summed E-state index contributed by atoms with van der Waals surface area (Å²) in [6.07, 6.45) is 0.739. The second kappa shape index (κ2) is 5.98. The third-order valence-corrected chi connectivity index (χ3v) is 2.68. The number of methoxy groups -OCH3 is 1. The highest BCUT2D eigenvalue weighted by Gasteiger charge is 2.21. The SMILES string of the molecule is C=C(C)C[C@@H](N)c1cc(OC)c2c(c1)OCO2.Cl. The molecule has 0 fully saturated rings. The number of hydrogen-bond acceptors (Lipinski definition) is 4. The Morgan fingerprint density at radius 2 is 2.22 bits per heavy atom. The first-order chi connectivity index (χ1) is 8.11. The quantitative estimate of drug-likeness (QED) is 0.856. The van der Waals surface area contributed by atoms with Crippen LogP contribution >= 0.6 is 12.4 Å². The van der Waals surface area contributed by atoms with Gasteiger partial charge in [-0.3, -0.25) is 0 Å². The minimum absolute atomic E-state index is 0. The fourth-order valence-electron chi connectivity index (χ4n) is 1.86. The van der Waals surface area contributed by atoms with Gasteiger partial charge in [0.15, 0.2) is 11.5 Å². The van der Waals surface area contributed by atoms with Gasteiger partial charge in [-0.2, -0.15) is 0 Å². The Bertz CT molecular complexity index is 448. The van der Waals surface area contributed by atoms with Gasteiger partial charge in [-0.15, -0.1) is 19.0 Å². The van der Waals surface area contributed by atoms with Crippen LogP contribution in [0, 0.1) is 0 Å². The van der Waals surface area contributed by atoms with E-state index in [0.717, 1.165) is 17.6 Å². The van der Waals surface area contributed by atoms with Crippen molar-refractivity contribution in [2.75, 3.05) is 13.9 Å². The second-order valence-corrected chi connectivity index (χ2v) is 4.22. The maximum absolute atomic E-state index is 6.10. The molecule has 2 N–H and O–H groups in total. The summed E-state index contributed by atoms with van der Waals surface area (Å²) in [6.45, 7) is 6.06. The first-order valence-corrected chi connectivity index (χ1v) is 5.49. The highest BCUT2D eigenvalue weighted by Crippen LogP contribution is 2.43. The van der Waals surface area contributed by atoms with Crippen molar-refractivity contribution < 1.29 is 14.2 Å². The van der Waals surface area contributed by atoms with Crippen LogP contribution in [0.3, 0.4) is 0 Å². The summed E-state index contributed by atoms with van der Waals surface area (Å²) in [4.78, 5) is 0. The molecule has 0 aliphatic carbocycles. The molecule has 0 radical (unpaired) electrons. The van der Waals surface area contributed by atoms with E-state index < -0.39 is 0 Å². The van der Waals surface area contributed by atoms with E-state index in [1.165, 1.54) is 0 Å². The van der Waals surface area contributed by atoms with Gasteiger partial charge in [-0.05, 0) is 31.0 Å². The maximum atomic E-state index is 6.10. The average Bonchev–Trinajstić information content (AvgIpc) is 2.74. The molecule has 18 heavy (non-hydrogen) atoms. The standard InChI is InChI=1S/C13H17NO3.ClH/c1-8(2)4-10(14)9-5-11(15-3)13-12(6-9)16-7-17-13;/h5-6,10H,1,4,7,14H2,2-3H3;1H/t10-;/m1./s1. The van der Waals surface area contributed by atoms with E-state index in [1.807, 2.05) is 19.1 Å². The van der Waals surface area contributed by atoms with Crippen LogP contribution < -0.4 is 19.9 Å². The van der Waals surface area contributed by atoms with Gasteiger partial charge in [-0.1, -0.05) is 5.57 Å². The van der Waals surface area contributed by atoms with E-state index in [9.17, 15) is 0 Å². The lowest BCUT2D eigenvalue weighted by atomic mass is 10.0.